The second-order valence-electron chi connectivity index (χ2n) is 5.92. The highest BCUT2D eigenvalue weighted by molar-refractivity contribution is 9.10. The van der Waals surface area contributed by atoms with Gasteiger partial charge in [-0.15, -0.1) is 11.8 Å². The monoisotopic (exact) mass is 397 g/mol. The number of nitrogens with one attached hydrogen (secondary N) is 2. The summed E-state index contributed by atoms with van der Waals surface area (Å²) in [6, 6.07) is 7.21. The Morgan fingerprint density at radius 3 is 2.83 bits per heavy atom. The van der Waals surface area contributed by atoms with Crippen LogP contribution < -0.4 is 10.6 Å². The van der Waals surface area contributed by atoms with Gasteiger partial charge in [-0.05, 0) is 36.6 Å². The van der Waals surface area contributed by atoms with Gasteiger partial charge in [0.1, 0.15) is 0 Å². The van der Waals surface area contributed by atoms with Gasteiger partial charge in [0.15, 0.2) is 0 Å². The van der Waals surface area contributed by atoms with Crippen LogP contribution in [0.5, 0.6) is 0 Å². The molecule has 23 heavy (non-hydrogen) atoms. The van der Waals surface area contributed by atoms with Crippen LogP contribution in [0.2, 0.25) is 0 Å². The molecule has 2 amide bonds. The molecule has 2 unspecified atom stereocenters. The maximum absolute atomic E-state index is 12.3. The molecule has 0 radical (unpaired) electrons. The first-order valence-corrected chi connectivity index (χ1v) is 9.72. The maximum Gasteiger partial charge on any atom is 0.251 e. The topological polar surface area (TPSA) is 61.4 Å². The van der Waals surface area contributed by atoms with Gasteiger partial charge in [0.05, 0.1) is 11.9 Å². The maximum atomic E-state index is 12.3. The minimum atomic E-state index is -0.0942. The van der Waals surface area contributed by atoms with Gasteiger partial charge in [0.2, 0.25) is 5.91 Å². The fourth-order valence-electron chi connectivity index (χ4n) is 2.90. The summed E-state index contributed by atoms with van der Waals surface area (Å²) in [5, 5.41) is 6.26. The first-order chi connectivity index (χ1) is 11.1. The van der Waals surface area contributed by atoms with Crippen molar-refractivity contribution >= 4 is 39.5 Å². The van der Waals surface area contributed by atoms with Gasteiger partial charge in [-0.2, -0.15) is 0 Å². The third-order valence-corrected chi connectivity index (χ3v) is 5.74. The van der Waals surface area contributed by atoms with E-state index in [9.17, 15) is 9.59 Å². The molecule has 2 heterocycles. The SMILES string of the molecule is O=C(NCC1CNC(C(=O)N2CCSC2)C1)c1ccc(Br)cc1. The third-order valence-electron chi connectivity index (χ3n) is 4.24. The number of hydrogen-bond donors (Lipinski definition) is 2. The molecule has 2 N–H and O–H groups in total. The molecule has 2 atom stereocenters. The van der Waals surface area contributed by atoms with E-state index >= 15 is 0 Å². The van der Waals surface area contributed by atoms with Gasteiger partial charge < -0.3 is 15.5 Å². The first kappa shape index (κ1) is 16.8. The summed E-state index contributed by atoms with van der Waals surface area (Å²) >= 11 is 5.16. The predicted molar refractivity (Wildman–Crippen MR) is 95.4 cm³/mol. The molecule has 0 spiro atoms. The lowest BCUT2D eigenvalue weighted by Gasteiger charge is -2.19. The molecule has 2 aliphatic heterocycles. The third kappa shape index (κ3) is 4.28. The van der Waals surface area contributed by atoms with Crippen molar-refractivity contribution in [2.45, 2.75) is 12.5 Å². The van der Waals surface area contributed by atoms with Crippen LogP contribution in [0, 0.1) is 5.92 Å². The molecular weight excluding hydrogens is 378 g/mol. The van der Waals surface area contributed by atoms with Crippen LogP contribution in [-0.2, 0) is 4.79 Å². The lowest BCUT2D eigenvalue weighted by molar-refractivity contribution is -0.131. The van der Waals surface area contributed by atoms with Crippen molar-refractivity contribution in [1.29, 1.82) is 0 Å². The number of halogens is 1. The van der Waals surface area contributed by atoms with E-state index in [-0.39, 0.29) is 17.9 Å². The van der Waals surface area contributed by atoms with Crippen molar-refractivity contribution in [3.8, 4) is 0 Å². The predicted octanol–water partition coefficient (Wildman–Crippen LogP) is 1.69. The van der Waals surface area contributed by atoms with Crippen LogP contribution in [0.15, 0.2) is 28.7 Å². The van der Waals surface area contributed by atoms with Crippen LogP contribution >= 0.6 is 27.7 Å². The molecule has 2 saturated heterocycles. The average Bonchev–Trinajstić information content (AvgIpc) is 3.24. The van der Waals surface area contributed by atoms with E-state index < -0.39 is 0 Å². The van der Waals surface area contributed by atoms with E-state index in [1.165, 1.54) is 0 Å². The van der Waals surface area contributed by atoms with Gasteiger partial charge in [-0.1, -0.05) is 15.9 Å². The summed E-state index contributed by atoms with van der Waals surface area (Å²) in [4.78, 5) is 26.4. The minimum absolute atomic E-state index is 0.0665. The minimum Gasteiger partial charge on any atom is -0.352 e. The highest BCUT2D eigenvalue weighted by atomic mass is 79.9. The Kier molecular flexibility index (Phi) is 5.61. The number of carbonyl (C=O) groups is 2. The summed E-state index contributed by atoms with van der Waals surface area (Å²) in [5.41, 5.74) is 0.654. The standard InChI is InChI=1S/C16H20BrN3O2S/c17-13-3-1-12(2-4-13)15(21)19-9-11-7-14(18-8-11)16(22)20-5-6-23-10-20/h1-4,11,14,18H,5-10H2,(H,19,21). The number of hydrogen-bond acceptors (Lipinski definition) is 4. The molecule has 3 rings (SSSR count). The van der Waals surface area contributed by atoms with Crippen molar-refractivity contribution in [2.75, 3.05) is 31.3 Å². The molecule has 2 aliphatic rings. The summed E-state index contributed by atoms with van der Waals surface area (Å²) in [6.07, 6.45) is 0.792. The van der Waals surface area contributed by atoms with E-state index in [4.69, 9.17) is 0 Å². The molecule has 5 nitrogen and oxygen atoms in total. The molecular formula is C16H20BrN3O2S. The fourth-order valence-corrected chi connectivity index (χ4v) is 4.12. The molecule has 0 aliphatic carbocycles. The van der Waals surface area contributed by atoms with Crippen LogP contribution in [0.1, 0.15) is 16.8 Å². The summed E-state index contributed by atoms with van der Waals surface area (Å²) in [7, 11) is 0. The number of benzene rings is 1. The number of thioether (sulfide) groups is 1. The Morgan fingerprint density at radius 1 is 1.35 bits per heavy atom. The van der Waals surface area contributed by atoms with E-state index in [1.807, 2.05) is 17.0 Å². The van der Waals surface area contributed by atoms with E-state index in [0.717, 1.165) is 35.6 Å². The highest BCUT2D eigenvalue weighted by Crippen LogP contribution is 2.20. The zero-order valence-corrected chi connectivity index (χ0v) is 15.2. The molecule has 7 heteroatoms. The zero-order valence-electron chi connectivity index (χ0n) is 12.8. The molecule has 124 valence electrons. The lowest BCUT2D eigenvalue weighted by Crippen LogP contribution is -2.42. The molecule has 1 aromatic carbocycles. The van der Waals surface area contributed by atoms with Gasteiger partial charge >= 0.3 is 0 Å². The van der Waals surface area contributed by atoms with Crippen molar-refractivity contribution in [2.24, 2.45) is 5.92 Å². The van der Waals surface area contributed by atoms with Gasteiger partial charge in [-0.3, -0.25) is 9.59 Å². The van der Waals surface area contributed by atoms with Gasteiger partial charge in [0.25, 0.3) is 5.91 Å². The van der Waals surface area contributed by atoms with Crippen LogP contribution in [-0.4, -0.2) is 54.0 Å². The Labute approximate surface area is 148 Å². The largest absolute Gasteiger partial charge is 0.352 e. The number of nitrogens with zero attached hydrogens (tertiary/aromatic N) is 1. The molecule has 2 fully saturated rings. The highest BCUT2D eigenvalue weighted by Gasteiger charge is 2.33. The Morgan fingerprint density at radius 2 is 2.13 bits per heavy atom. The van der Waals surface area contributed by atoms with Crippen LogP contribution in [0.4, 0.5) is 0 Å². The molecule has 1 aromatic rings. The zero-order chi connectivity index (χ0) is 16.2. The van der Waals surface area contributed by atoms with Crippen molar-refractivity contribution < 1.29 is 9.59 Å². The molecule has 0 saturated carbocycles. The quantitative estimate of drug-likeness (QED) is 0.811. The second-order valence-corrected chi connectivity index (χ2v) is 7.91. The van der Waals surface area contributed by atoms with Crippen molar-refractivity contribution in [3.05, 3.63) is 34.3 Å². The van der Waals surface area contributed by atoms with Gasteiger partial charge in [-0.25, -0.2) is 0 Å². The van der Waals surface area contributed by atoms with Crippen LogP contribution in [0.25, 0.3) is 0 Å². The normalized spacial score (nSPS) is 24.0. The van der Waals surface area contributed by atoms with Crippen molar-refractivity contribution in [1.82, 2.24) is 15.5 Å². The lowest BCUT2D eigenvalue weighted by atomic mass is 10.0. The van der Waals surface area contributed by atoms with Gasteiger partial charge in [0, 0.05) is 35.4 Å². The summed E-state index contributed by atoms with van der Waals surface area (Å²) < 4.78 is 0.954. The molecule has 0 bridgehead atoms. The number of carbonyl (C=O) groups excluding carboxylic acids is 2. The van der Waals surface area contributed by atoms with E-state index in [0.29, 0.717) is 18.0 Å². The number of amides is 2. The Balaban J connectivity index is 1.45. The number of rotatable bonds is 4. The van der Waals surface area contributed by atoms with Crippen molar-refractivity contribution in [3.63, 3.8) is 0 Å². The summed E-state index contributed by atoms with van der Waals surface area (Å²) in [6.45, 7) is 2.23. The second kappa shape index (κ2) is 7.68. The average molecular weight is 398 g/mol. The smallest absolute Gasteiger partial charge is 0.251 e. The Hall–Kier alpha value is -1.05. The molecule has 0 aromatic heterocycles. The van der Waals surface area contributed by atoms with E-state index in [1.54, 1.807) is 23.9 Å². The fraction of sp³-hybridized carbons (Fsp3) is 0.500. The van der Waals surface area contributed by atoms with E-state index in [2.05, 4.69) is 26.6 Å². The Bertz CT molecular complexity index is 575. The summed E-state index contributed by atoms with van der Waals surface area (Å²) in [5.74, 6) is 2.28. The van der Waals surface area contributed by atoms with Crippen LogP contribution in [0.3, 0.4) is 0 Å². The first-order valence-electron chi connectivity index (χ1n) is 7.77.